The minimum atomic E-state index is -1.09. The number of hydrogen-bond donors (Lipinski definition) is 2. The standard InChI is InChI=1S/C22H19F2N7O3/c23-14-4-2-1-3-13(14)12-31-18(16-5-8-34-29-16)9-17(28-31)20-26-10-15(24)21(27-20)30-7-6-25-11-19(30)22(32)33/h1-5,8-10,19,25H,6-7,11-12H2,(H,32,33). The first-order valence-corrected chi connectivity index (χ1v) is 10.5. The van der Waals surface area contributed by atoms with Crippen LogP contribution in [0.5, 0.6) is 0 Å². The van der Waals surface area contributed by atoms with Gasteiger partial charge in [0, 0.05) is 31.3 Å². The van der Waals surface area contributed by atoms with Crippen molar-refractivity contribution in [1.82, 2.24) is 30.2 Å². The molecule has 174 valence electrons. The topological polar surface area (TPSA) is 122 Å². The van der Waals surface area contributed by atoms with Crippen LogP contribution in [0.4, 0.5) is 14.6 Å². The van der Waals surface area contributed by atoms with E-state index in [1.54, 1.807) is 30.3 Å². The molecule has 4 heterocycles. The average molecular weight is 467 g/mol. The van der Waals surface area contributed by atoms with Crippen molar-refractivity contribution in [2.24, 2.45) is 0 Å². The maximum atomic E-state index is 14.7. The largest absolute Gasteiger partial charge is 0.480 e. The average Bonchev–Trinajstić information content (AvgIpc) is 3.51. The van der Waals surface area contributed by atoms with Gasteiger partial charge in [0.2, 0.25) is 0 Å². The van der Waals surface area contributed by atoms with Crippen LogP contribution in [0.3, 0.4) is 0 Å². The van der Waals surface area contributed by atoms with Gasteiger partial charge in [-0.1, -0.05) is 23.4 Å². The van der Waals surface area contributed by atoms with Gasteiger partial charge in [0.05, 0.1) is 18.4 Å². The van der Waals surface area contributed by atoms with Crippen LogP contribution in [0.1, 0.15) is 5.56 Å². The summed E-state index contributed by atoms with van der Waals surface area (Å²) in [6.07, 6.45) is 2.39. The van der Waals surface area contributed by atoms with Gasteiger partial charge in [-0.2, -0.15) is 5.10 Å². The molecular weight excluding hydrogens is 448 g/mol. The summed E-state index contributed by atoms with van der Waals surface area (Å²) in [4.78, 5) is 21.5. The molecule has 0 radical (unpaired) electrons. The highest BCUT2D eigenvalue weighted by molar-refractivity contribution is 5.78. The molecule has 10 nitrogen and oxygen atoms in total. The second-order valence-electron chi connectivity index (χ2n) is 7.67. The lowest BCUT2D eigenvalue weighted by atomic mass is 10.2. The van der Waals surface area contributed by atoms with Gasteiger partial charge in [-0.05, 0) is 12.1 Å². The first-order valence-electron chi connectivity index (χ1n) is 10.5. The van der Waals surface area contributed by atoms with Crippen molar-refractivity contribution in [3.63, 3.8) is 0 Å². The van der Waals surface area contributed by atoms with Gasteiger partial charge in [0.15, 0.2) is 17.5 Å². The third-order valence-electron chi connectivity index (χ3n) is 5.51. The van der Waals surface area contributed by atoms with Crippen molar-refractivity contribution >= 4 is 11.8 Å². The monoisotopic (exact) mass is 467 g/mol. The Hall–Kier alpha value is -4.19. The summed E-state index contributed by atoms with van der Waals surface area (Å²) in [6.45, 7) is 0.996. The molecule has 0 spiro atoms. The lowest BCUT2D eigenvalue weighted by molar-refractivity contribution is -0.138. The molecule has 4 aromatic rings. The zero-order valence-electron chi connectivity index (χ0n) is 17.7. The van der Waals surface area contributed by atoms with E-state index >= 15 is 0 Å². The molecule has 2 N–H and O–H groups in total. The van der Waals surface area contributed by atoms with Crippen molar-refractivity contribution in [3.8, 4) is 22.9 Å². The summed E-state index contributed by atoms with van der Waals surface area (Å²) in [5.41, 5.74) is 1.68. The van der Waals surface area contributed by atoms with Gasteiger partial charge in [-0.25, -0.2) is 23.5 Å². The summed E-state index contributed by atoms with van der Waals surface area (Å²) in [5.74, 6) is -2.24. The van der Waals surface area contributed by atoms with Gasteiger partial charge in [-0.3, -0.25) is 4.68 Å². The highest BCUT2D eigenvalue weighted by Crippen LogP contribution is 2.27. The fraction of sp³-hybridized carbons (Fsp3) is 0.227. The number of rotatable bonds is 6. The molecule has 1 aliphatic heterocycles. The van der Waals surface area contributed by atoms with Gasteiger partial charge >= 0.3 is 5.97 Å². The van der Waals surface area contributed by atoms with E-state index in [0.717, 1.165) is 6.20 Å². The van der Waals surface area contributed by atoms with E-state index < -0.39 is 17.8 Å². The fourth-order valence-corrected chi connectivity index (χ4v) is 3.85. The molecule has 12 heteroatoms. The normalized spacial score (nSPS) is 16.1. The number of halogens is 2. The Morgan fingerprint density at radius 1 is 1.21 bits per heavy atom. The summed E-state index contributed by atoms with van der Waals surface area (Å²) in [6, 6.07) is 8.62. The quantitative estimate of drug-likeness (QED) is 0.439. The number of aromatic nitrogens is 5. The van der Waals surface area contributed by atoms with Crippen LogP contribution in [0.2, 0.25) is 0 Å². The molecule has 1 saturated heterocycles. The third-order valence-corrected chi connectivity index (χ3v) is 5.51. The van der Waals surface area contributed by atoms with E-state index in [9.17, 15) is 18.7 Å². The first-order chi connectivity index (χ1) is 16.5. The van der Waals surface area contributed by atoms with Crippen LogP contribution in [-0.2, 0) is 11.3 Å². The number of piperazine rings is 1. The van der Waals surface area contributed by atoms with E-state index in [-0.39, 0.29) is 42.8 Å². The van der Waals surface area contributed by atoms with E-state index in [1.807, 2.05) is 0 Å². The number of carboxylic acid groups (broad SMARTS) is 1. The third kappa shape index (κ3) is 4.10. The molecule has 1 fully saturated rings. The number of hydrogen-bond acceptors (Lipinski definition) is 8. The molecule has 1 unspecified atom stereocenters. The number of carbonyl (C=O) groups is 1. The van der Waals surface area contributed by atoms with E-state index in [4.69, 9.17) is 4.52 Å². The van der Waals surface area contributed by atoms with E-state index in [1.165, 1.54) is 21.9 Å². The van der Waals surface area contributed by atoms with E-state index in [0.29, 0.717) is 23.5 Å². The molecule has 0 saturated carbocycles. The van der Waals surface area contributed by atoms with Gasteiger partial charge in [-0.15, -0.1) is 0 Å². The molecular formula is C22H19F2N7O3. The van der Waals surface area contributed by atoms with Crippen LogP contribution >= 0.6 is 0 Å². The predicted molar refractivity (Wildman–Crippen MR) is 116 cm³/mol. The summed E-state index contributed by atoms with van der Waals surface area (Å²) in [7, 11) is 0. The van der Waals surface area contributed by atoms with Gasteiger partial charge in [0.1, 0.15) is 29.5 Å². The molecule has 5 rings (SSSR count). The minimum Gasteiger partial charge on any atom is -0.480 e. The maximum Gasteiger partial charge on any atom is 0.327 e. The highest BCUT2D eigenvalue weighted by atomic mass is 19.1. The van der Waals surface area contributed by atoms with Crippen LogP contribution < -0.4 is 10.2 Å². The molecule has 1 aromatic carbocycles. The zero-order chi connectivity index (χ0) is 23.7. The SMILES string of the molecule is O=C(O)C1CNCCN1c1nc(-c2cc(-c3ccon3)n(Cc3ccccc3F)n2)ncc1F. The maximum absolute atomic E-state index is 14.7. The number of nitrogens with one attached hydrogen (secondary N) is 1. The second kappa shape index (κ2) is 8.98. The van der Waals surface area contributed by atoms with Crippen molar-refractivity contribution in [1.29, 1.82) is 0 Å². The molecule has 0 amide bonds. The molecule has 34 heavy (non-hydrogen) atoms. The molecule has 1 atom stereocenters. The van der Waals surface area contributed by atoms with Crippen molar-refractivity contribution in [3.05, 3.63) is 66.1 Å². The van der Waals surface area contributed by atoms with Crippen molar-refractivity contribution < 1.29 is 23.2 Å². The van der Waals surface area contributed by atoms with Crippen molar-refractivity contribution in [2.45, 2.75) is 12.6 Å². The Morgan fingerprint density at radius 2 is 2.06 bits per heavy atom. The van der Waals surface area contributed by atoms with E-state index in [2.05, 4.69) is 25.5 Å². The van der Waals surface area contributed by atoms with Gasteiger partial charge < -0.3 is 19.8 Å². The number of aliphatic carboxylic acids is 1. The molecule has 3 aromatic heterocycles. The lowest BCUT2D eigenvalue weighted by Gasteiger charge is -2.34. The number of nitrogens with zero attached hydrogens (tertiary/aromatic N) is 6. The Kier molecular flexibility index (Phi) is 5.72. The van der Waals surface area contributed by atoms with Crippen LogP contribution in [0, 0.1) is 11.6 Å². The first kappa shape index (κ1) is 21.6. The Bertz CT molecular complexity index is 1330. The summed E-state index contributed by atoms with van der Waals surface area (Å²) >= 11 is 0. The van der Waals surface area contributed by atoms with Gasteiger partial charge in [0.25, 0.3) is 0 Å². The molecule has 0 aliphatic carbocycles. The lowest BCUT2D eigenvalue weighted by Crippen LogP contribution is -2.55. The number of carboxylic acids is 1. The molecule has 1 aliphatic rings. The Labute approximate surface area is 191 Å². The zero-order valence-corrected chi connectivity index (χ0v) is 17.7. The Morgan fingerprint density at radius 3 is 2.82 bits per heavy atom. The van der Waals surface area contributed by atoms with Crippen LogP contribution in [-0.4, -0.2) is 61.7 Å². The summed E-state index contributed by atoms with van der Waals surface area (Å²) < 4.78 is 35.4. The van der Waals surface area contributed by atoms with Crippen LogP contribution in [0.25, 0.3) is 22.9 Å². The second-order valence-corrected chi connectivity index (χ2v) is 7.67. The predicted octanol–water partition coefficient (Wildman–Crippen LogP) is 2.18. The number of benzene rings is 1. The van der Waals surface area contributed by atoms with Crippen molar-refractivity contribution in [2.75, 3.05) is 24.5 Å². The minimum absolute atomic E-state index is 0.0936. The summed E-state index contributed by atoms with van der Waals surface area (Å²) in [5, 5.41) is 21.0. The number of anilines is 1. The van der Waals surface area contributed by atoms with Crippen LogP contribution in [0.15, 0.2) is 53.4 Å². The molecule has 0 bridgehead atoms. The fourth-order valence-electron chi connectivity index (χ4n) is 3.85. The smallest absolute Gasteiger partial charge is 0.327 e. The Balaban J connectivity index is 1.56. The highest BCUT2D eigenvalue weighted by Gasteiger charge is 2.32.